The third-order valence-corrected chi connectivity index (χ3v) is 3.10. The smallest absolute Gasteiger partial charge is 0.171 e. The second kappa shape index (κ2) is 4.49. The summed E-state index contributed by atoms with van der Waals surface area (Å²) in [6.45, 7) is 0. The van der Waals surface area contributed by atoms with Crippen LogP contribution in [-0.2, 0) is 6.42 Å². The van der Waals surface area contributed by atoms with Crippen LogP contribution in [0.5, 0.6) is 0 Å². The number of H-pyrrole nitrogens is 1. The molecule has 0 saturated heterocycles. The molecule has 4 nitrogen and oxygen atoms in total. The molecule has 0 radical (unpaired) electrons. The zero-order valence-electron chi connectivity index (χ0n) is 8.40. The van der Waals surface area contributed by atoms with Gasteiger partial charge in [-0.2, -0.15) is 0 Å². The fourth-order valence-electron chi connectivity index (χ4n) is 1.41. The molecule has 16 heavy (non-hydrogen) atoms. The fourth-order valence-corrected chi connectivity index (χ4v) is 1.89. The van der Waals surface area contributed by atoms with Crippen molar-refractivity contribution in [2.45, 2.75) is 6.42 Å². The van der Waals surface area contributed by atoms with E-state index in [-0.39, 0.29) is 12.2 Å². The molecule has 2 rings (SSSR count). The standard InChI is InChI=1S/C11H10BrN3O/c12-11-7(2-1-3-8(11)13)9(16)6-10-14-4-5-15-10/h1-5H,6,13H2,(H,14,15). The van der Waals surface area contributed by atoms with Gasteiger partial charge in [-0.1, -0.05) is 12.1 Å². The van der Waals surface area contributed by atoms with Crippen LogP contribution in [0.3, 0.4) is 0 Å². The van der Waals surface area contributed by atoms with Gasteiger partial charge in [-0.15, -0.1) is 0 Å². The van der Waals surface area contributed by atoms with Gasteiger partial charge < -0.3 is 10.7 Å². The summed E-state index contributed by atoms with van der Waals surface area (Å²) >= 11 is 3.31. The van der Waals surface area contributed by atoms with Gasteiger partial charge in [-0.05, 0) is 22.0 Å². The van der Waals surface area contributed by atoms with Gasteiger partial charge in [0.2, 0.25) is 0 Å². The van der Waals surface area contributed by atoms with Crippen LogP contribution in [0.1, 0.15) is 16.2 Å². The van der Waals surface area contributed by atoms with Gasteiger partial charge in [0.1, 0.15) is 5.82 Å². The van der Waals surface area contributed by atoms with Crippen LogP contribution in [0.4, 0.5) is 5.69 Å². The van der Waals surface area contributed by atoms with E-state index in [0.717, 1.165) is 0 Å². The van der Waals surface area contributed by atoms with Crippen LogP contribution >= 0.6 is 15.9 Å². The minimum Gasteiger partial charge on any atom is -0.398 e. The number of rotatable bonds is 3. The summed E-state index contributed by atoms with van der Waals surface area (Å²) in [5.41, 5.74) is 6.85. The molecule has 1 heterocycles. The van der Waals surface area contributed by atoms with Crippen LogP contribution in [-0.4, -0.2) is 15.8 Å². The van der Waals surface area contributed by atoms with Crippen molar-refractivity contribution in [2.24, 2.45) is 0 Å². The topological polar surface area (TPSA) is 71.8 Å². The molecule has 0 aliphatic heterocycles. The van der Waals surface area contributed by atoms with E-state index in [1.807, 2.05) is 0 Å². The SMILES string of the molecule is Nc1cccc(C(=O)Cc2ncc[nH]2)c1Br. The third-order valence-electron chi connectivity index (χ3n) is 2.21. The number of anilines is 1. The molecule has 0 aliphatic rings. The van der Waals surface area contributed by atoms with Crippen LogP contribution in [0, 0.1) is 0 Å². The molecular weight excluding hydrogens is 270 g/mol. The maximum atomic E-state index is 11.9. The van der Waals surface area contributed by atoms with Gasteiger partial charge in [0.15, 0.2) is 5.78 Å². The molecule has 0 unspecified atom stereocenters. The molecule has 3 N–H and O–H groups in total. The van der Waals surface area contributed by atoms with Gasteiger partial charge >= 0.3 is 0 Å². The van der Waals surface area contributed by atoms with Crippen LogP contribution in [0.15, 0.2) is 35.1 Å². The van der Waals surface area contributed by atoms with Crippen molar-refractivity contribution >= 4 is 27.4 Å². The molecule has 0 saturated carbocycles. The van der Waals surface area contributed by atoms with E-state index in [1.54, 1.807) is 30.6 Å². The van der Waals surface area contributed by atoms with Crippen molar-refractivity contribution in [3.63, 3.8) is 0 Å². The average Bonchev–Trinajstić information content (AvgIpc) is 2.74. The molecule has 0 fully saturated rings. The molecule has 82 valence electrons. The Morgan fingerprint density at radius 3 is 3.00 bits per heavy atom. The molecule has 2 aromatic rings. The number of carbonyl (C=O) groups is 1. The van der Waals surface area contributed by atoms with Gasteiger partial charge in [0.05, 0.1) is 10.9 Å². The zero-order chi connectivity index (χ0) is 11.5. The summed E-state index contributed by atoms with van der Waals surface area (Å²) in [5.74, 6) is 0.633. The summed E-state index contributed by atoms with van der Waals surface area (Å²) in [5, 5.41) is 0. The number of nitrogens with two attached hydrogens (primary N) is 1. The minimum atomic E-state index is -0.0193. The Kier molecular flexibility index (Phi) is 3.05. The van der Waals surface area contributed by atoms with Crippen LogP contribution in [0.2, 0.25) is 0 Å². The highest BCUT2D eigenvalue weighted by atomic mass is 79.9. The van der Waals surface area contributed by atoms with Gasteiger partial charge in [-0.3, -0.25) is 4.79 Å². The Bertz CT molecular complexity index is 508. The lowest BCUT2D eigenvalue weighted by molar-refractivity contribution is 0.0990. The lowest BCUT2D eigenvalue weighted by Gasteiger charge is -2.04. The number of ketones is 1. The summed E-state index contributed by atoms with van der Waals surface area (Å²) in [6, 6.07) is 5.24. The number of hydrogen-bond donors (Lipinski definition) is 2. The highest BCUT2D eigenvalue weighted by Gasteiger charge is 2.13. The highest BCUT2D eigenvalue weighted by Crippen LogP contribution is 2.24. The summed E-state index contributed by atoms with van der Waals surface area (Å²) in [6.07, 6.45) is 3.56. The summed E-state index contributed by atoms with van der Waals surface area (Å²) < 4.78 is 0.645. The van der Waals surface area contributed by atoms with Gasteiger partial charge in [0, 0.05) is 23.6 Å². The Balaban J connectivity index is 2.24. The fraction of sp³-hybridized carbons (Fsp3) is 0.0909. The lowest BCUT2D eigenvalue weighted by atomic mass is 10.1. The van der Waals surface area contributed by atoms with Crippen molar-refractivity contribution < 1.29 is 4.79 Å². The third kappa shape index (κ3) is 2.14. The van der Waals surface area contributed by atoms with Crippen molar-refractivity contribution in [1.29, 1.82) is 0 Å². The number of nitrogens with one attached hydrogen (secondary N) is 1. The minimum absolute atomic E-state index is 0.0193. The normalized spacial score (nSPS) is 10.3. The molecule has 0 bridgehead atoms. The van der Waals surface area contributed by atoms with E-state index < -0.39 is 0 Å². The van der Waals surface area contributed by atoms with Gasteiger partial charge in [0.25, 0.3) is 0 Å². The second-order valence-corrected chi connectivity index (χ2v) is 4.14. The number of imidazole rings is 1. The lowest BCUT2D eigenvalue weighted by Crippen LogP contribution is -2.06. The van der Waals surface area contributed by atoms with E-state index in [0.29, 0.717) is 21.5 Å². The molecule has 0 aliphatic carbocycles. The first kappa shape index (κ1) is 10.9. The van der Waals surface area contributed by atoms with Crippen molar-refractivity contribution in [3.8, 4) is 0 Å². The van der Waals surface area contributed by atoms with Gasteiger partial charge in [-0.25, -0.2) is 4.98 Å². The molecule has 0 spiro atoms. The largest absolute Gasteiger partial charge is 0.398 e. The molecule has 1 aromatic carbocycles. The number of nitrogen functional groups attached to an aromatic ring is 1. The second-order valence-electron chi connectivity index (χ2n) is 3.34. The van der Waals surface area contributed by atoms with E-state index in [1.165, 1.54) is 0 Å². The predicted octanol–water partition coefficient (Wildman–Crippen LogP) is 2.18. The zero-order valence-corrected chi connectivity index (χ0v) is 9.99. The van der Waals surface area contributed by atoms with Crippen LogP contribution < -0.4 is 5.73 Å². The number of Topliss-reactive ketones (excluding diaryl/α,β-unsaturated/α-hetero) is 1. The Labute approximate surface area is 101 Å². The number of carbonyl (C=O) groups excluding carboxylic acids is 1. The first-order chi connectivity index (χ1) is 7.68. The molecule has 1 aromatic heterocycles. The number of aromatic amines is 1. The Morgan fingerprint density at radius 2 is 2.31 bits per heavy atom. The van der Waals surface area contributed by atoms with Crippen molar-refractivity contribution in [3.05, 3.63) is 46.5 Å². The number of benzene rings is 1. The number of hydrogen-bond acceptors (Lipinski definition) is 3. The molecular formula is C11H10BrN3O. The average molecular weight is 280 g/mol. The number of aromatic nitrogens is 2. The Morgan fingerprint density at radius 1 is 1.50 bits per heavy atom. The first-order valence-electron chi connectivity index (χ1n) is 4.74. The summed E-state index contributed by atoms with van der Waals surface area (Å²) in [7, 11) is 0. The van der Waals surface area contributed by atoms with E-state index >= 15 is 0 Å². The maximum absolute atomic E-state index is 11.9. The summed E-state index contributed by atoms with van der Waals surface area (Å²) in [4.78, 5) is 18.8. The van der Waals surface area contributed by atoms with Crippen molar-refractivity contribution in [2.75, 3.05) is 5.73 Å². The molecule has 0 atom stereocenters. The monoisotopic (exact) mass is 279 g/mol. The van der Waals surface area contributed by atoms with Crippen LogP contribution in [0.25, 0.3) is 0 Å². The first-order valence-corrected chi connectivity index (χ1v) is 5.53. The maximum Gasteiger partial charge on any atom is 0.171 e. The quantitative estimate of drug-likeness (QED) is 0.668. The number of halogens is 1. The highest BCUT2D eigenvalue weighted by molar-refractivity contribution is 9.10. The number of nitrogens with zero attached hydrogens (tertiary/aromatic N) is 1. The molecule has 5 heteroatoms. The molecule has 0 amide bonds. The Hall–Kier alpha value is -1.62. The van der Waals surface area contributed by atoms with E-state index in [4.69, 9.17) is 5.73 Å². The van der Waals surface area contributed by atoms with E-state index in [9.17, 15) is 4.79 Å². The predicted molar refractivity (Wildman–Crippen MR) is 65.2 cm³/mol. The van der Waals surface area contributed by atoms with E-state index in [2.05, 4.69) is 25.9 Å². The van der Waals surface area contributed by atoms with Crippen molar-refractivity contribution in [1.82, 2.24) is 9.97 Å².